The lowest BCUT2D eigenvalue weighted by atomic mass is 9.94. The van der Waals surface area contributed by atoms with E-state index in [2.05, 4.69) is 0 Å². The first-order valence-electron chi connectivity index (χ1n) is 10.4. The van der Waals surface area contributed by atoms with Crippen LogP contribution in [0.2, 0.25) is 0 Å². The number of hydrogen-bond donors (Lipinski definition) is 2. The molecule has 1 aliphatic heterocycles. The minimum absolute atomic E-state index is 0.180. The van der Waals surface area contributed by atoms with Gasteiger partial charge in [0.25, 0.3) is 11.7 Å². The van der Waals surface area contributed by atoms with Gasteiger partial charge >= 0.3 is 6.18 Å². The lowest BCUT2D eigenvalue weighted by Crippen LogP contribution is -2.29. The van der Waals surface area contributed by atoms with Crippen LogP contribution >= 0.6 is 0 Å². The molecule has 1 heterocycles. The van der Waals surface area contributed by atoms with E-state index in [0.29, 0.717) is 11.3 Å². The number of benzene rings is 3. The molecular weight excluding hydrogens is 463 g/mol. The summed E-state index contributed by atoms with van der Waals surface area (Å²) >= 11 is 0. The fourth-order valence-electron chi connectivity index (χ4n) is 4.12. The van der Waals surface area contributed by atoms with E-state index in [0.717, 1.165) is 23.1 Å². The predicted molar refractivity (Wildman–Crippen MR) is 122 cm³/mol. The number of carbonyl (C=O) groups is 2. The Morgan fingerprint density at radius 3 is 2.34 bits per heavy atom. The molecule has 1 amide bonds. The number of amides is 1. The van der Waals surface area contributed by atoms with E-state index in [9.17, 15) is 33.0 Å². The van der Waals surface area contributed by atoms with Gasteiger partial charge in [0.2, 0.25) is 0 Å². The van der Waals surface area contributed by atoms with Gasteiger partial charge in [0, 0.05) is 11.3 Å². The average Bonchev–Trinajstić information content (AvgIpc) is 3.08. The topological polar surface area (TPSA) is 87.1 Å². The number of ketones is 1. The van der Waals surface area contributed by atoms with Crippen LogP contribution < -0.4 is 9.64 Å². The normalized spacial score (nSPS) is 17.6. The molecule has 4 rings (SSSR count). The molecule has 3 aromatic carbocycles. The zero-order valence-corrected chi connectivity index (χ0v) is 18.6. The molecule has 1 saturated heterocycles. The second kappa shape index (κ2) is 8.83. The van der Waals surface area contributed by atoms with Gasteiger partial charge in [-0.2, -0.15) is 13.2 Å². The fourth-order valence-corrected chi connectivity index (χ4v) is 4.12. The Labute approximate surface area is 198 Å². The number of methoxy groups -OCH3 is 1. The van der Waals surface area contributed by atoms with Crippen molar-refractivity contribution in [2.75, 3.05) is 12.0 Å². The molecule has 1 unspecified atom stereocenters. The van der Waals surface area contributed by atoms with Crippen LogP contribution in [0.1, 0.15) is 28.3 Å². The number of phenols is 1. The molecule has 1 atom stereocenters. The largest absolute Gasteiger partial charge is 0.508 e. The number of phenolic OH excluding ortho intramolecular Hbond substituents is 1. The Morgan fingerprint density at radius 1 is 1.00 bits per heavy atom. The minimum Gasteiger partial charge on any atom is -0.508 e. The Hall–Kier alpha value is -4.27. The summed E-state index contributed by atoms with van der Waals surface area (Å²) in [4.78, 5) is 27.2. The van der Waals surface area contributed by atoms with E-state index in [1.165, 1.54) is 43.5 Å². The summed E-state index contributed by atoms with van der Waals surface area (Å²) in [5, 5.41) is 21.2. The van der Waals surface area contributed by atoms with Crippen molar-refractivity contribution in [2.24, 2.45) is 0 Å². The van der Waals surface area contributed by atoms with Crippen LogP contribution in [0.3, 0.4) is 0 Å². The summed E-state index contributed by atoms with van der Waals surface area (Å²) in [5.41, 5.74) is -0.401. The number of Topliss-reactive ketones (excluding diaryl/α,β-unsaturated/α-hetero) is 1. The monoisotopic (exact) mass is 483 g/mol. The summed E-state index contributed by atoms with van der Waals surface area (Å²) in [5.74, 6) is -2.32. The van der Waals surface area contributed by atoms with Gasteiger partial charge in [0.05, 0.1) is 24.3 Å². The Bertz CT molecular complexity index is 1360. The molecule has 6 nitrogen and oxygen atoms in total. The molecule has 2 N–H and O–H groups in total. The van der Waals surface area contributed by atoms with Crippen LogP contribution in [0.25, 0.3) is 5.76 Å². The third-order valence-electron chi connectivity index (χ3n) is 5.75. The number of aromatic hydroxyl groups is 1. The number of nitrogens with zero attached hydrogens (tertiary/aromatic N) is 1. The zero-order valence-electron chi connectivity index (χ0n) is 18.6. The minimum atomic E-state index is -4.68. The summed E-state index contributed by atoms with van der Waals surface area (Å²) in [6.07, 6.45) is -4.68. The van der Waals surface area contributed by atoms with Crippen molar-refractivity contribution in [3.63, 3.8) is 0 Å². The number of anilines is 1. The van der Waals surface area contributed by atoms with Gasteiger partial charge in [-0.15, -0.1) is 0 Å². The summed E-state index contributed by atoms with van der Waals surface area (Å²) < 4.78 is 45.3. The Morgan fingerprint density at radius 2 is 1.71 bits per heavy atom. The maximum atomic E-state index is 13.4. The number of aryl methyl sites for hydroxylation is 1. The third-order valence-corrected chi connectivity index (χ3v) is 5.75. The van der Waals surface area contributed by atoms with E-state index in [1.807, 2.05) is 0 Å². The SMILES string of the molecule is COc1ccc(/C(O)=C2\C(=O)C(=O)N(c3cccc(C(F)(F)F)c3)C2c2cccc(O)c2)cc1C. The molecule has 0 aromatic heterocycles. The van der Waals surface area contributed by atoms with E-state index >= 15 is 0 Å². The van der Waals surface area contributed by atoms with Gasteiger partial charge in [-0.3, -0.25) is 14.5 Å². The number of aliphatic hydroxyl groups is 1. The van der Waals surface area contributed by atoms with Gasteiger partial charge in [0.1, 0.15) is 17.3 Å². The van der Waals surface area contributed by atoms with Crippen LogP contribution in [0, 0.1) is 6.92 Å². The molecule has 180 valence electrons. The number of ether oxygens (including phenoxy) is 1. The second-order valence-corrected chi connectivity index (χ2v) is 8.00. The van der Waals surface area contributed by atoms with Crippen molar-refractivity contribution in [1.29, 1.82) is 0 Å². The van der Waals surface area contributed by atoms with E-state index < -0.39 is 35.2 Å². The van der Waals surface area contributed by atoms with Crippen LogP contribution in [0.4, 0.5) is 18.9 Å². The van der Waals surface area contributed by atoms with Crippen molar-refractivity contribution in [3.8, 4) is 11.5 Å². The third kappa shape index (κ3) is 4.32. The quantitative estimate of drug-likeness (QED) is 0.297. The van der Waals surface area contributed by atoms with E-state index in [-0.39, 0.29) is 28.1 Å². The van der Waals surface area contributed by atoms with E-state index in [4.69, 9.17) is 4.74 Å². The van der Waals surface area contributed by atoms with Crippen molar-refractivity contribution in [3.05, 3.63) is 94.6 Å². The number of halogens is 3. The van der Waals surface area contributed by atoms with Crippen molar-refractivity contribution in [1.82, 2.24) is 0 Å². The highest BCUT2D eigenvalue weighted by atomic mass is 19.4. The maximum Gasteiger partial charge on any atom is 0.416 e. The zero-order chi connectivity index (χ0) is 25.5. The fraction of sp³-hybridized carbons (Fsp3) is 0.154. The molecule has 1 aliphatic rings. The molecule has 3 aromatic rings. The number of aliphatic hydroxyl groups excluding tert-OH is 1. The summed E-state index contributed by atoms with van der Waals surface area (Å²) in [7, 11) is 1.48. The molecule has 1 fully saturated rings. The molecule has 0 bridgehead atoms. The lowest BCUT2D eigenvalue weighted by Gasteiger charge is -2.26. The van der Waals surface area contributed by atoms with Gasteiger partial charge in [-0.05, 0) is 66.6 Å². The molecular formula is C26H20F3NO5. The summed E-state index contributed by atoms with van der Waals surface area (Å²) in [6, 6.07) is 13.0. The highest BCUT2D eigenvalue weighted by Crippen LogP contribution is 2.44. The second-order valence-electron chi connectivity index (χ2n) is 8.00. The molecule has 9 heteroatoms. The molecule has 0 aliphatic carbocycles. The molecule has 0 radical (unpaired) electrons. The molecule has 0 saturated carbocycles. The lowest BCUT2D eigenvalue weighted by molar-refractivity contribution is -0.137. The summed E-state index contributed by atoms with van der Waals surface area (Å²) in [6.45, 7) is 1.73. The number of carbonyl (C=O) groups excluding carboxylic acids is 2. The van der Waals surface area contributed by atoms with Crippen LogP contribution in [-0.4, -0.2) is 29.0 Å². The first kappa shape index (κ1) is 23.9. The number of rotatable bonds is 4. The van der Waals surface area contributed by atoms with Crippen molar-refractivity contribution in [2.45, 2.75) is 19.1 Å². The molecule has 35 heavy (non-hydrogen) atoms. The van der Waals surface area contributed by atoms with E-state index in [1.54, 1.807) is 19.1 Å². The Balaban J connectivity index is 1.95. The first-order valence-corrected chi connectivity index (χ1v) is 10.4. The van der Waals surface area contributed by atoms with Gasteiger partial charge < -0.3 is 14.9 Å². The molecule has 0 spiro atoms. The predicted octanol–water partition coefficient (Wildman–Crippen LogP) is 5.35. The smallest absolute Gasteiger partial charge is 0.416 e. The number of hydrogen-bond acceptors (Lipinski definition) is 5. The van der Waals surface area contributed by atoms with Crippen LogP contribution in [-0.2, 0) is 15.8 Å². The number of alkyl halides is 3. The van der Waals surface area contributed by atoms with Gasteiger partial charge in [-0.1, -0.05) is 18.2 Å². The highest BCUT2D eigenvalue weighted by molar-refractivity contribution is 6.51. The van der Waals surface area contributed by atoms with Crippen molar-refractivity contribution < 1.29 is 37.7 Å². The van der Waals surface area contributed by atoms with Gasteiger partial charge in [-0.25, -0.2) is 0 Å². The average molecular weight is 483 g/mol. The van der Waals surface area contributed by atoms with Crippen molar-refractivity contribution >= 4 is 23.1 Å². The first-order chi connectivity index (χ1) is 16.5. The standard InChI is InChI=1S/C26H20F3NO5/c1-14-11-16(9-10-20(14)35-2)23(32)21-22(15-5-3-8-19(31)12-15)30(25(34)24(21)33)18-7-4-6-17(13-18)26(27,28)29/h3-13,22,31-32H,1-2H3/b23-21+. The maximum absolute atomic E-state index is 13.4. The van der Waals surface area contributed by atoms with Gasteiger partial charge in [0.15, 0.2) is 0 Å². The van der Waals surface area contributed by atoms with Crippen LogP contribution in [0.5, 0.6) is 11.5 Å². The Kier molecular flexibility index (Phi) is 6.02. The van der Waals surface area contributed by atoms with Crippen LogP contribution in [0.15, 0.2) is 72.3 Å². The highest BCUT2D eigenvalue weighted by Gasteiger charge is 2.47.